The zero-order chi connectivity index (χ0) is 26.8. The van der Waals surface area contributed by atoms with E-state index < -0.39 is 17.4 Å². The molecule has 192 valence electrons. The monoisotopic (exact) mass is 505 g/mol. The van der Waals surface area contributed by atoms with Crippen molar-refractivity contribution in [3.05, 3.63) is 149 Å². The van der Waals surface area contributed by atoms with Gasteiger partial charge in [-0.1, -0.05) is 103 Å². The Kier molecular flexibility index (Phi) is 8.73. The van der Waals surface area contributed by atoms with Crippen LogP contribution in [-0.4, -0.2) is 25.2 Å². The van der Waals surface area contributed by atoms with Gasteiger partial charge in [0.1, 0.15) is 5.70 Å². The summed E-state index contributed by atoms with van der Waals surface area (Å²) >= 11 is 0. The number of esters is 2. The molecule has 0 saturated heterocycles. The number of hydrogen-bond acceptors (Lipinski definition) is 5. The first-order valence-corrected chi connectivity index (χ1v) is 12.7. The minimum Gasteiger partial charge on any atom is -0.463 e. The molecule has 5 nitrogen and oxygen atoms in total. The van der Waals surface area contributed by atoms with Crippen molar-refractivity contribution < 1.29 is 19.1 Å². The number of anilines is 1. The average molecular weight is 506 g/mol. The van der Waals surface area contributed by atoms with Crippen LogP contribution < -0.4 is 5.32 Å². The van der Waals surface area contributed by atoms with Crippen LogP contribution in [0.4, 0.5) is 5.69 Å². The molecule has 0 aliphatic rings. The van der Waals surface area contributed by atoms with Crippen LogP contribution in [0.1, 0.15) is 36.1 Å². The standard InChI is InChI=1S/C33H31NO4/c1-3-37-31(35)24-30(32(36)38-4-2)34-29-22-20-28(21-23-29)33(25-14-8-5-9-15-25,26-16-10-6-11-17-26)27-18-12-7-13-19-27/h5-24,34H,3-4H2,1-2H3/b30-24+. The summed E-state index contributed by atoms with van der Waals surface area (Å²) in [5.41, 5.74) is 4.53. The van der Waals surface area contributed by atoms with Crippen LogP contribution >= 0.6 is 0 Å². The largest absolute Gasteiger partial charge is 0.463 e. The zero-order valence-corrected chi connectivity index (χ0v) is 21.6. The maximum atomic E-state index is 12.5. The SMILES string of the molecule is CCOC(=O)/C=C(/Nc1ccc(C(c2ccccc2)(c2ccccc2)c2ccccc2)cc1)C(=O)OCC. The summed E-state index contributed by atoms with van der Waals surface area (Å²) < 4.78 is 10.1. The third-order valence-electron chi connectivity index (χ3n) is 6.26. The molecule has 0 radical (unpaired) electrons. The molecule has 0 fully saturated rings. The summed E-state index contributed by atoms with van der Waals surface area (Å²) in [5, 5.41) is 3.04. The van der Waals surface area contributed by atoms with E-state index in [0.29, 0.717) is 5.69 Å². The lowest BCUT2D eigenvalue weighted by atomic mass is 9.65. The van der Waals surface area contributed by atoms with E-state index in [1.165, 1.54) is 0 Å². The van der Waals surface area contributed by atoms with Gasteiger partial charge < -0.3 is 14.8 Å². The predicted molar refractivity (Wildman–Crippen MR) is 150 cm³/mol. The number of rotatable bonds is 10. The van der Waals surface area contributed by atoms with E-state index in [-0.39, 0.29) is 18.9 Å². The lowest BCUT2D eigenvalue weighted by Crippen LogP contribution is -2.31. The van der Waals surface area contributed by atoms with E-state index in [0.717, 1.165) is 28.3 Å². The zero-order valence-electron chi connectivity index (χ0n) is 21.6. The van der Waals surface area contributed by atoms with Gasteiger partial charge in [0.25, 0.3) is 0 Å². The first-order valence-electron chi connectivity index (χ1n) is 12.7. The van der Waals surface area contributed by atoms with Gasteiger partial charge in [0.05, 0.1) is 24.7 Å². The molecular weight excluding hydrogens is 474 g/mol. The predicted octanol–water partition coefficient (Wildman–Crippen LogP) is 6.49. The highest BCUT2D eigenvalue weighted by Gasteiger charge is 2.38. The highest BCUT2D eigenvalue weighted by atomic mass is 16.5. The van der Waals surface area contributed by atoms with Crippen LogP contribution in [0.5, 0.6) is 0 Å². The van der Waals surface area contributed by atoms with E-state index in [9.17, 15) is 9.59 Å². The highest BCUT2D eigenvalue weighted by molar-refractivity contribution is 5.98. The first-order chi connectivity index (χ1) is 18.6. The van der Waals surface area contributed by atoms with Crippen LogP contribution in [0, 0.1) is 0 Å². The third kappa shape index (κ3) is 5.68. The Bertz CT molecular complexity index is 1270. The van der Waals surface area contributed by atoms with Crippen molar-refractivity contribution in [2.45, 2.75) is 19.3 Å². The summed E-state index contributed by atoms with van der Waals surface area (Å²) in [6.07, 6.45) is 1.12. The van der Waals surface area contributed by atoms with Crippen LogP contribution in [0.3, 0.4) is 0 Å². The van der Waals surface area contributed by atoms with E-state index in [1.54, 1.807) is 13.8 Å². The Balaban J connectivity index is 1.82. The second kappa shape index (κ2) is 12.5. The Labute approximate surface area is 223 Å². The number of benzene rings is 4. The summed E-state index contributed by atoms with van der Waals surface area (Å²) in [6, 6.07) is 39.1. The lowest BCUT2D eigenvalue weighted by molar-refractivity contribution is -0.140. The molecule has 0 saturated carbocycles. The number of carbonyl (C=O) groups is 2. The summed E-state index contributed by atoms with van der Waals surface area (Å²) in [4.78, 5) is 24.6. The van der Waals surface area contributed by atoms with Gasteiger partial charge in [0.15, 0.2) is 0 Å². The van der Waals surface area contributed by atoms with Crippen molar-refractivity contribution >= 4 is 17.6 Å². The van der Waals surface area contributed by atoms with Crippen LogP contribution in [0.2, 0.25) is 0 Å². The smallest absolute Gasteiger partial charge is 0.355 e. The van der Waals surface area contributed by atoms with Crippen LogP contribution in [0.25, 0.3) is 0 Å². The minimum absolute atomic E-state index is 0.0125. The molecule has 4 aromatic carbocycles. The molecule has 0 heterocycles. The Morgan fingerprint density at radius 2 is 1.05 bits per heavy atom. The molecule has 1 N–H and O–H groups in total. The van der Waals surface area contributed by atoms with Gasteiger partial charge in [-0.2, -0.15) is 0 Å². The number of hydrogen-bond donors (Lipinski definition) is 1. The van der Waals surface area contributed by atoms with Gasteiger partial charge in [-0.25, -0.2) is 9.59 Å². The van der Waals surface area contributed by atoms with Gasteiger partial charge in [0, 0.05) is 5.69 Å². The first kappa shape index (κ1) is 26.4. The fourth-order valence-corrected chi connectivity index (χ4v) is 4.68. The third-order valence-corrected chi connectivity index (χ3v) is 6.26. The van der Waals surface area contributed by atoms with Crippen molar-refractivity contribution in [2.24, 2.45) is 0 Å². The molecule has 38 heavy (non-hydrogen) atoms. The minimum atomic E-state index is -0.628. The van der Waals surface area contributed by atoms with Crippen LogP contribution in [-0.2, 0) is 24.5 Å². The lowest BCUT2D eigenvalue weighted by Gasteiger charge is -2.37. The average Bonchev–Trinajstić information content (AvgIpc) is 2.96. The normalized spacial score (nSPS) is 11.5. The van der Waals surface area contributed by atoms with Crippen molar-refractivity contribution in [1.29, 1.82) is 0 Å². The van der Waals surface area contributed by atoms with Crippen molar-refractivity contribution in [2.75, 3.05) is 18.5 Å². The van der Waals surface area contributed by atoms with Crippen LogP contribution in [0.15, 0.2) is 127 Å². The van der Waals surface area contributed by atoms with Gasteiger partial charge in [-0.05, 0) is 48.2 Å². The van der Waals surface area contributed by atoms with E-state index in [1.807, 2.05) is 42.5 Å². The topological polar surface area (TPSA) is 64.6 Å². The molecule has 0 aliphatic carbocycles. The van der Waals surface area contributed by atoms with Gasteiger partial charge in [-0.3, -0.25) is 0 Å². The van der Waals surface area contributed by atoms with E-state index in [2.05, 4.69) is 78.1 Å². The molecule has 4 rings (SSSR count). The number of carbonyl (C=O) groups excluding carboxylic acids is 2. The quantitative estimate of drug-likeness (QED) is 0.152. The second-order valence-electron chi connectivity index (χ2n) is 8.58. The van der Waals surface area contributed by atoms with Crippen molar-refractivity contribution in [3.8, 4) is 0 Å². The van der Waals surface area contributed by atoms with E-state index >= 15 is 0 Å². The molecular formula is C33H31NO4. The highest BCUT2D eigenvalue weighted by Crippen LogP contribution is 2.45. The molecule has 0 aliphatic heterocycles. The molecule has 4 aromatic rings. The summed E-state index contributed by atoms with van der Waals surface area (Å²) in [6.45, 7) is 3.82. The molecule has 0 amide bonds. The molecule has 0 atom stereocenters. The van der Waals surface area contributed by atoms with Crippen molar-refractivity contribution in [1.82, 2.24) is 0 Å². The van der Waals surface area contributed by atoms with Gasteiger partial charge >= 0.3 is 11.9 Å². The van der Waals surface area contributed by atoms with Gasteiger partial charge in [0.2, 0.25) is 0 Å². The van der Waals surface area contributed by atoms with Gasteiger partial charge in [-0.15, -0.1) is 0 Å². The molecule has 5 heteroatoms. The number of nitrogens with one attached hydrogen (secondary N) is 1. The fourth-order valence-electron chi connectivity index (χ4n) is 4.68. The second-order valence-corrected chi connectivity index (χ2v) is 8.58. The van der Waals surface area contributed by atoms with E-state index in [4.69, 9.17) is 9.47 Å². The molecule has 0 bridgehead atoms. The maximum Gasteiger partial charge on any atom is 0.355 e. The fraction of sp³-hybridized carbons (Fsp3) is 0.152. The Morgan fingerprint density at radius 1 is 0.632 bits per heavy atom. The molecule has 0 unspecified atom stereocenters. The Morgan fingerprint density at radius 3 is 1.47 bits per heavy atom. The van der Waals surface area contributed by atoms with Crippen molar-refractivity contribution in [3.63, 3.8) is 0 Å². The number of ether oxygens (including phenoxy) is 2. The summed E-state index contributed by atoms with van der Waals surface area (Å²) in [5.74, 6) is -1.24. The Hall–Kier alpha value is -4.64. The summed E-state index contributed by atoms with van der Waals surface area (Å²) in [7, 11) is 0. The molecule has 0 spiro atoms. The maximum absolute atomic E-state index is 12.5. The molecule has 0 aromatic heterocycles.